The van der Waals surface area contributed by atoms with Gasteiger partial charge in [-0.25, -0.2) is 4.79 Å². The van der Waals surface area contributed by atoms with E-state index in [1.165, 1.54) is 0 Å². The second kappa shape index (κ2) is 8.36. The van der Waals surface area contributed by atoms with Crippen molar-refractivity contribution in [2.24, 2.45) is 11.8 Å². The van der Waals surface area contributed by atoms with Gasteiger partial charge >= 0.3 is 5.97 Å². The Morgan fingerprint density at radius 1 is 1.37 bits per heavy atom. The van der Waals surface area contributed by atoms with Crippen molar-refractivity contribution in [2.75, 3.05) is 13.2 Å². The Balaban J connectivity index is 2.59. The first-order valence-corrected chi connectivity index (χ1v) is 7.61. The quantitative estimate of drug-likeness (QED) is 0.660. The zero-order valence-electron chi connectivity index (χ0n) is 12.8. The molecule has 0 radical (unpaired) electrons. The molecule has 0 aliphatic heterocycles. The van der Waals surface area contributed by atoms with Gasteiger partial charge in [-0.2, -0.15) is 0 Å². The van der Waals surface area contributed by atoms with Crippen LogP contribution in [0.15, 0.2) is 11.6 Å². The Hall–Kier alpha value is -0.830. The minimum absolute atomic E-state index is 0.0637. The first-order chi connectivity index (χ1) is 9.12. The number of hydrogen-bond acceptors (Lipinski definition) is 3. The molecule has 1 aliphatic carbocycles. The van der Waals surface area contributed by atoms with Crippen LogP contribution in [0.5, 0.6) is 0 Å². The molecule has 0 saturated carbocycles. The molecule has 1 rings (SSSR count). The number of rotatable bonds is 7. The monoisotopic (exact) mass is 268 g/mol. The molecule has 0 fully saturated rings. The zero-order chi connectivity index (χ0) is 14.3. The van der Waals surface area contributed by atoms with Gasteiger partial charge in [-0.1, -0.05) is 33.6 Å². The predicted octanol–water partition coefficient (Wildman–Crippen LogP) is 3.73. The van der Waals surface area contributed by atoms with Crippen molar-refractivity contribution in [3.05, 3.63) is 11.6 Å². The van der Waals surface area contributed by atoms with E-state index in [1.807, 2.05) is 13.0 Å². The molecule has 0 unspecified atom stereocenters. The van der Waals surface area contributed by atoms with E-state index in [1.54, 1.807) is 0 Å². The summed E-state index contributed by atoms with van der Waals surface area (Å²) in [4.78, 5) is 11.8. The molecule has 2 atom stereocenters. The molecule has 0 aromatic carbocycles. The maximum atomic E-state index is 11.8. The molecule has 0 saturated heterocycles. The van der Waals surface area contributed by atoms with E-state index in [-0.39, 0.29) is 12.1 Å². The van der Waals surface area contributed by atoms with Gasteiger partial charge in [-0.3, -0.25) is 0 Å². The summed E-state index contributed by atoms with van der Waals surface area (Å²) in [6.07, 6.45) is 6.14. The molecule has 0 aromatic heterocycles. The fraction of sp³-hybridized carbons (Fsp3) is 0.812. The van der Waals surface area contributed by atoms with Crippen molar-refractivity contribution >= 4 is 5.97 Å². The lowest BCUT2D eigenvalue weighted by Gasteiger charge is -2.28. The van der Waals surface area contributed by atoms with Gasteiger partial charge < -0.3 is 9.47 Å². The highest BCUT2D eigenvalue weighted by Gasteiger charge is 2.25. The molecule has 3 heteroatoms. The second-order valence-electron chi connectivity index (χ2n) is 5.41. The van der Waals surface area contributed by atoms with Crippen LogP contribution >= 0.6 is 0 Å². The molecule has 0 spiro atoms. The first kappa shape index (κ1) is 16.2. The van der Waals surface area contributed by atoms with E-state index >= 15 is 0 Å². The fourth-order valence-electron chi connectivity index (χ4n) is 2.37. The van der Waals surface area contributed by atoms with E-state index in [2.05, 4.69) is 20.8 Å². The van der Waals surface area contributed by atoms with Crippen LogP contribution in [0.1, 0.15) is 53.4 Å². The Morgan fingerprint density at radius 3 is 2.63 bits per heavy atom. The smallest absolute Gasteiger partial charge is 0.333 e. The largest absolute Gasteiger partial charge is 0.463 e. The summed E-state index contributed by atoms with van der Waals surface area (Å²) in [5.74, 6) is 0.923. The van der Waals surface area contributed by atoms with Crippen LogP contribution in [0.25, 0.3) is 0 Å². The van der Waals surface area contributed by atoms with E-state index in [0.29, 0.717) is 18.4 Å². The fourth-order valence-corrected chi connectivity index (χ4v) is 2.37. The van der Waals surface area contributed by atoms with E-state index < -0.39 is 0 Å². The number of esters is 1. The molecule has 1 aliphatic rings. The molecule has 19 heavy (non-hydrogen) atoms. The molecule has 0 bridgehead atoms. The summed E-state index contributed by atoms with van der Waals surface area (Å²) >= 11 is 0. The van der Waals surface area contributed by atoms with Gasteiger partial charge in [-0.15, -0.1) is 0 Å². The van der Waals surface area contributed by atoms with Crippen molar-refractivity contribution < 1.29 is 14.3 Å². The Bertz CT molecular complexity index is 305. The average molecular weight is 268 g/mol. The number of ether oxygens (including phenoxy) is 2. The van der Waals surface area contributed by atoms with Crippen molar-refractivity contribution in [2.45, 2.75) is 59.5 Å². The topological polar surface area (TPSA) is 35.5 Å². The summed E-state index contributed by atoms with van der Waals surface area (Å²) in [6, 6.07) is 0. The van der Waals surface area contributed by atoms with E-state index in [0.717, 1.165) is 37.9 Å². The molecule has 0 heterocycles. The van der Waals surface area contributed by atoms with Crippen LogP contribution in [0.2, 0.25) is 0 Å². The van der Waals surface area contributed by atoms with Crippen molar-refractivity contribution in [1.82, 2.24) is 0 Å². The van der Waals surface area contributed by atoms with Crippen LogP contribution < -0.4 is 0 Å². The molecular formula is C16H28O3. The molecule has 0 amide bonds. The van der Waals surface area contributed by atoms with Gasteiger partial charge in [0.2, 0.25) is 0 Å². The Kier molecular flexibility index (Phi) is 7.14. The molecule has 0 aromatic rings. The van der Waals surface area contributed by atoms with Gasteiger partial charge in [0.25, 0.3) is 0 Å². The highest BCUT2D eigenvalue weighted by atomic mass is 16.5. The van der Waals surface area contributed by atoms with Gasteiger partial charge in [-0.05, 0) is 37.7 Å². The Labute approximate surface area is 117 Å². The molecular weight excluding hydrogens is 240 g/mol. The number of hydrogen-bond donors (Lipinski definition) is 0. The average Bonchev–Trinajstić information content (AvgIpc) is 2.42. The molecule has 110 valence electrons. The third-order valence-electron chi connectivity index (χ3n) is 4.01. The van der Waals surface area contributed by atoms with E-state index in [9.17, 15) is 4.79 Å². The van der Waals surface area contributed by atoms with Crippen LogP contribution in [0, 0.1) is 11.8 Å². The standard InChI is InChI=1S/C16H28O3/c1-5-13(6-2)11-19-15-10-14(9-8-12(15)4)16(17)18-7-3/h10,12-13,15H,5-9,11H2,1-4H3/t12-,15-/m1/s1. The summed E-state index contributed by atoms with van der Waals surface area (Å²) in [7, 11) is 0. The lowest BCUT2D eigenvalue weighted by atomic mass is 9.88. The summed E-state index contributed by atoms with van der Waals surface area (Å²) < 4.78 is 11.1. The summed E-state index contributed by atoms with van der Waals surface area (Å²) in [6.45, 7) is 9.64. The lowest BCUT2D eigenvalue weighted by molar-refractivity contribution is -0.139. The van der Waals surface area contributed by atoms with Gasteiger partial charge in [0.15, 0.2) is 0 Å². The third kappa shape index (κ3) is 4.98. The Morgan fingerprint density at radius 2 is 2.05 bits per heavy atom. The predicted molar refractivity (Wildman–Crippen MR) is 76.9 cm³/mol. The lowest BCUT2D eigenvalue weighted by Crippen LogP contribution is -2.28. The first-order valence-electron chi connectivity index (χ1n) is 7.61. The van der Waals surface area contributed by atoms with E-state index in [4.69, 9.17) is 9.47 Å². The summed E-state index contributed by atoms with van der Waals surface area (Å²) in [5.41, 5.74) is 0.787. The molecule has 3 nitrogen and oxygen atoms in total. The van der Waals surface area contributed by atoms with Crippen molar-refractivity contribution in [3.8, 4) is 0 Å². The van der Waals surface area contributed by atoms with Crippen LogP contribution in [0.4, 0.5) is 0 Å². The number of carbonyl (C=O) groups is 1. The highest BCUT2D eigenvalue weighted by Crippen LogP contribution is 2.27. The third-order valence-corrected chi connectivity index (χ3v) is 4.01. The zero-order valence-corrected chi connectivity index (χ0v) is 12.8. The van der Waals surface area contributed by atoms with Gasteiger partial charge in [0.05, 0.1) is 19.3 Å². The maximum absolute atomic E-state index is 11.8. The maximum Gasteiger partial charge on any atom is 0.333 e. The SMILES string of the molecule is CCOC(=O)C1=C[C@@H](OCC(CC)CC)[C@H](C)CC1. The van der Waals surface area contributed by atoms with Crippen LogP contribution in [-0.2, 0) is 14.3 Å². The summed E-state index contributed by atoms with van der Waals surface area (Å²) in [5, 5.41) is 0. The normalized spacial score (nSPS) is 23.3. The van der Waals surface area contributed by atoms with Crippen molar-refractivity contribution in [1.29, 1.82) is 0 Å². The highest BCUT2D eigenvalue weighted by molar-refractivity contribution is 5.88. The van der Waals surface area contributed by atoms with Gasteiger partial charge in [0, 0.05) is 5.57 Å². The van der Waals surface area contributed by atoms with Crippen LogP contribution in [-0.4, -0.2) is 25.3 Å². The van der Waals surface area contributed by atoms with Gasteiger partial charge in [0.1, 0.15) is 0 Å². The van der Waals surface area contributed by atoms with Crippen LogP contribution in [0.3, 0.4) is 0 Å². The van der Waals surface area contributed by atoms with Crippen molar-refractivity contribution in [3.63, 3.8) is 0 Å². The second-order valence-corrected chi connectivity index (χ2v) is 5.41. The minimum Gasteiger partial charge on any atom is -0.463 e. The minimum atomic E-state index is -0.175. The molecule has 0 N–H and O–H groups in total. The number of carbonyl (C=O) groups excluding carboxylic acids is 1.